The van der Waals surface area contributed by atoms with Gasteiger partial charge in [-0.3, -0.25) is 4.79 Å². The molecule has 1 aromatic heterocycles. The molecule has 2 N–H and O–H groups in total. The molecule has 0 aliphatic rings. The molecule has 4 rings (SSSR count). The maximum Gasteiger partial charge on any atom is 0.255 e. The van der Waals surface area contributed by atoms with Gasteiger partial charge in [0.25, 0.3) is 5.91 Å². The summed E-state index contributed by atoms with van der Waals surface area (Å²) in [7, 11) is 1.64. The number of imidazole rings is 1. The van der Waals surface area contributed by atoms with Crippen LogP contribution in [0.1, 0.15) is 24.2 Å². The molecule has 4 aromatic rings. The van der Waals surface area contributed by atoms with Crippen molar-refractivity contribution < 1.29 is 9.53 Å². The topological polar surface area (TPSA) is 70.2 Å². The molecule has 0 bridgehead atoms. The van der Waals surface area contributed by atoms with Crippen LogP contribution < -0.4 is 15.0 Å². The van der Waals surface area contributed by atoms with Crippen LogP contribution in [0.2, 0.25) is 5.02 Å². The molecule has 1 heterocycles. The van der Waals surface area contributed by atoms with Crippen molar-refractivity contribution in [3.8, 4) is 17.1 Å². The van der Waals surface area contributed by atoms with E-state index in [1.165, 1.54) is 0 Å². The minimum absolute atomic E-state index is 0.195. The van der Waals surface area contributed by atoms with Crippen LogP contribution in [0.15, 0.2) is 60.7 Å². The first kappa shape index (κ1) is 21.7. The second kappa shape index (κ2) is 9.32. The zero-order valence-electron chi connectivity index (χ0n) is 18.3. The number of amides is 1. The number of halogens is 1. The quantitative estimate of drug-likeness (QED) is 0.364. The number of hydrogen-bond donors (Lipinski definition) is 2. The first-order chi connectivity index (χ1) is 15.5. The van der Waals surface area contributed by atoms with E-state index in [1.807, 2.05) is 36.4 Å². The highest BCUT2D eigenvalue weighted by Gasteiger charge is 2.17. The summed E-state index contributed by atoms with van der Waals surface area (Å²) in [6, 6.07) is 18.5. The first-order valence-corrected chi connectivity index (χ1v) is 10.9. The fraction of sp³-hybridized carbons (Fsp3) is 0.200. The SMILES string of the molecule is CCN(CC)c1cc2nc(-c3ccccc3OC)[nH]c2cc1NC(=O)c1ccc(Cl)cc1. The average molecular weight is 449 g/mol. The first-order valence-electron chi connectivity index (χ1n) is 10.5. The van der Waals surface area contributed by atoms with Gasteiger partial charge in [0.05, 0.1) is 35.1 Å². The fourth-order valence-corrected chi connectivity index (χ4v) is 3.86. The van der Waals surface area contributed by atoms with Gasteiger partial charge in [0.15, 0.2) is 0 Å². The number of benzene rings is 3. The number of nitrogens with zero attached hydrogens (tertiary/aromatic N) is 2. The van der Waals surface area contributed by atoms with Gasteiger partial charge < -0.3 is 19.9 Å². The van der Waals surface area contributed by atoms with Crippen molar-refractivity contribution in [3.63, 3.8) is 0 Å². The summed E-state index contributed by atoms with van der Waals surface area (Å²) in [6.07, 6.45) is 0. The molecule has 164 valence electrons. The monoisotopic (exact) mass is 448 g/mol. The van der Waals surface area contributed by atoms with Crippen LogP contribution in [0.5, 0.6) is 5.75 Å². The maximum atomic E-state index is 12.9. The molecule has 32 heavy (non-hydrogen) atoms. The van der Waals surface area contributed by atoms with E-state index in [9.17, 15) is 4.79 Å². The highest BCUT2D eigenvalue weighted by atomic mass is 35.5. The second-order valence-corrected chi connectivity index (χ2v) is 7.74. The number of aromatic amines is 1. The summed E-state index contributed by atoms with van der Waals surface area (Å²) in [5, 5.41) is 3.65. The van der Waals surface area contributed by atoms with Crippen LogP contribution >= 0.6 is 11.6 Å². The molecule has 0 fully saturated rings. The van der Waals surface area contributed by atoms with Gasteiger partial charge in [-0.05, 0) is 62.4 Å². The lowest BCUT2D eigenvalue weighted by Crippen LogP contribution is -2.24. The van der Waals surface area contributed by atoms with E-state index in [2.05, 4.69) is 29.0 Å². The fourth-order valence-electron chi connectivity index (χ4n) is 3.74. The van der Waals surface area contributed by atoms with Crippen LogP contribution in [0.4, 0.5) is 11.4 Å². The number of rotatable bonds is 7. The van der Waals surface area contributed by atoms with Crippen LogP contribution in [0.3, 0.4) is 0 Å². The predicted molar refractivity (Wildman–Crippen MR) is 131 cm³/mol. The molecular weight excluding hydrogens is 424 g/mol. The Morgan fingerprint density at radius 1 is 1.09 bits per heavy atom. The highest BCUT2D eigenvalue weighted by Crippen LogP contribution is 2.34. The number of anilines is 2. The summed E-state index contributed by atoms with van der Waals surface area (Å²) in [4.78, 5) is 23.3. The number of para-hydroxylation sites is 1. The van der Waals surface area contributed by atoms with E-state index in [4.69, 9.17) is 21.3 Å². The molecule has 1 amide bonds. The van der Waals surface area contributed by atoms with Crippen LogP contribution in [-0.4, -0.2) is 36.1 Å². The number of hydrogen-bond acceptors (Lipinski definition) is 4. The maximum absolute atomic E-state index is 12.9. The lowest BCUT2D eigenvalue weighted by atomic mass is 10.1. The molecule has 7 heteroatoms. The smallest absolute Gasteiger partial charge is 0.255 e. The molecule has 0 atom stereocenters. The Labute approximate surface area is 192 Å². The summed E-state index contributed by atoms with van der Waals surface area (Å²) in [5.74, 6) is 1.26. The Balaban J connectivity index is 1.78. The van der Waals surface area contributed by atoms with Gasteiger partial charge in [0, 0.05) is 23.7 Å². The number of carbonyl (C=O) groups is 1. The van der Waals surface area contributed by atoms with Crippen molar-refractivity contribution in [2.75, 3.05) is 30.4 Å². The van der Waals surface area contributed by atoms with Gasteiger partial charge in [-0.25, -0.2) is 4.98 Å². The Bertz CT molecular complexity index is 1250. The molecule has 0 aliphatic carbocycles. The lowest BCUT2D eigenvalue weighted by Gasteiger charge is -2.24. The second-order valence-electron chi connectivity index (χ2n) is 7.31. The lowest BCUT2D eigenvalue weighted by molar-refractivity contribution is 0.102. The molecule has 6 nitrogen and oxygen atoms in total. The third-order valence-corrected chi connectivity index (χ3v) is 5.67. The minimum Gasteiger partial charge on any atom is -0.496 e. The molecule has 0 spiro atoms. The number of fused-ring (bicyclic) bond motifs is 1. The van der Waals surface area contributed by atoms with Gasteiger partial charge in [0.2, 0.25) is 0 Å². The van der Waals surface area contributed by atoms with E-state index in [1.54, 1.807) is 31.4 Å². The molecular formula is C25H25ClN4O2. The zero-order valence-corrected chi connectivity index (χ0v) is 19.0. The van der Waals surface area contributed by atoms with E-state index in [0.29, 0.717) is 16.4 Å². The third kappa shape index (κ3) is 4.27. The number of carbonyl (C=O) groups excluding carboxylic acids is 1. The van der Waals surface area contributed by atoms with Crippen molar-refractivity contribution in [2.45, 2.75) is 13.8 Å². The number of H-pyrrole nitrogens is 1. The standard InChI is InChI=1S/C25H25ClN4O2/c1-4-30(5-2)22-15-20-19(27-24(28-20)18-8-6-7-9-23(18)32-3)14-21(22)29-25(31)16-10-12-17(26)13-11-16/h6-15H,4-5H2,1-3H3,(H,27,28)(H,29,31). The molecule has 0 aliphatic heterocycles. The molecule has 0 saturated carbocycles. The van der Waals surface area contributed by atoms with Gasteiger partial charge >= 0.3 is 0 Å². The Hall–Kier alpha value is -3.51. The highest BCUT2D eigenvalue weighted by molar-refractivity contribution is 6.30. The van der Waals surface area contributed by atoms with E-state index in [-0.39, 0.29) is 5.91 Å². The summed E-state index contributed by atoms with van der Waals surface area (Å²) < 4.78 is 5.49. The molecule has 0 radical (unpaired) electrons. The van der Waals surface area contributed by atoms with Crippen molar-refractivity contribution in [1.82, 2.24) is 9.97 Å². The van der Waals surface area contributed by atoms with E-state index in [0.717, 1.165) is 46.8 Å². The van der Waals surface area contributed by atoms with Crippen LogP contribution in [-0.2, 0) is 0 Å². The third-order valence-electron chi connectivity index (χ3n) is 5.42. The van der Waals surface area contributed by atoms with Crippen molar-refractivity contribution >= 4 is 39.9 Å². The largest absolute Gasteiger partial charge is 0.496 e. The number of ether oxygens (including phenoxy) is 1. The van der Waals surface area contributed by atoms with Gasteiger partial charge in [-0.1, -0.05) is 23.7 Å². The van der Waals surface area contributed by atoms with Crippen molar-refractivity contribution in [1.29, 1.82) is 0 Å². The van der Waals surface area contributed by atoms with E-state index < -0.39 is 0 Å². The molecule has 0 saturated heterocycles. The summed E-state index contributed by atoms with van der Waals surface area (Å²) >= 11 is 5.96. The van der Waals surface area contributed by atoms with Crippen LogP contribution in [0.25, 0.3) is 22.4 Å². The minimum atomic E-state index is -0.195. The van der Waals surface area contributed by atoms with Crippen molar-refractivity contribution in [2.24, 2.45) is 0 Å². The van der Waals surface area contributed by atoms with Crippen LogP contribution in [0, 0.1) is 0 Å². The Morgan fingerprint density at radius 3 is 2.50 bits per heavy atom. The predicted octanol–water partition coefficient (Wildman–Crippen LogP) is 5.99. The van der Waals surface area contributed by atoms with E-state index >= 15 is 0 Å². The Kier molecular flexibility index (Phi) is 6.32. The zero-order chi connectivity index (χ0) is 22.7. The number of aromatic nitrogens is 2. The average Bonchev–Trinajstić information content (AvgIpc) is 3.23. The normalized spacial score (nSPS) is 10.9. The van der Waals surface area contributed by atoms with Crippen molar-refractivity contribution in [3.05, 3.63) is 71.2 Å². The summed E-state index contributed by atoms with van der Waals surface area (Å²) in [5.41, 5.74) is 4.70. The Morgan fingerprint density at radius 2 is 1.81 bits per heavy atom. The molecule has 3 aromatic carbocycles. The van der Waals surface area contributed by atoms with Gasteiger partial charge in [-0.15, -0.1) is 0 Å². The summed E-state index contributed by atoms with van der Waals surface area (Å²) in [6.45, 7) is 5.78. The number of methoxy groups -OCH3 is 1. The number of nitrogens with one attached hydrogen (secondary N) is 2. The van der Waals surface area contributed by atoms with Gasteiger partial charge in [-0.2, -0.15) is 0 Å². The van der Waals surface area contributed by atoms with Gasteiger partial charge in [0.1, 0.15) is 11.6 Å². The molecule has 0 unspecified atom stereocenters.